The summed E-state index contributed by atoms with van der Waals surface area (Å²) in [6.45, 7) is 3.10. The number of likely N-dealkylation sites (N-methyl/N-ethyl adjacent to an activating group) is 1. The molecule has 2 heterocycles. The lowest BCUT2D eigenvalue weighted by Gasteiger charge is -2.32. The number of anilines is 4. The number of benzene rings is 2. The number of piperazine rings is 1. The van der Waals surface area contributed by atoms with Crippen LogP contribution in [0.15, 0.2) is 48.8 Å². The molecule has 4 rings (SSSR count). The molecule has 12 heteroatoms. The van der Waals surface area contributed by atoms with E-state index in [9.17, 15) is 9.59 Å². The van der Waals surface area contributed by atoms with Crippen LogP contribution in [0.25, 0.3) is 0 Å². The lowest BCUT2D eigenvalue weighted by Crippen LogP contribution is -2.47. The molecule has 0 aliphatic carbocycles. The van der Waals surface area contributed by atoms with Gasteiger partial charge >= 0.3 is 6.03 Å². The van der Waals surface area contributed by atoms with Crippen LogP contribution < -0.4 is 20.3 Å². The second kappa shape index (κ2) is 11.6. The minimum atomic E-state index is -0.513. The fourth-order valence-corrected chi connectivity index (χ4v) is 4.31. The third kappa shape index (κ3) is 6.22. The summed E-state index contributed by atoms with van der Waals surface area (Å²) in [6, 6.07) is 11.5. The van der Waals surface area contributed by atoms with E-state index >= 15 is 0 Å². The summed E-state index contributed by atoms with van der Waals surface area (Å²) in [5.74, 6) is 1.15. The Morgan fingerprint density at radius 3 is 2.54 bits per heavy atom. The van der Waals surface area contributed by atoms with Gasteiger partial charge in [-0.2, -0.15) is 0 Å². The average molecular weight is 544 g/mol. The number of amides is 3. The highest BCUT2D eigenvalue weighted by molar-refractivity contribution is 6.40. The molecular formula is C25H27Cl2N7O3. The van der Waals surface area contributed by atoms with Gasteiger partial charge in [0.05, 0.1) is 17.8 Å². The number of rotatable bonds is 6. The van der Waals surface area contributed by atoms with E-state index in [1.165, 1.54) is 18.3 Å². The minimum absolute atomic E-state index is 0.00797. The van der Waals surface area contributed by atoms with Crippen LogP contribution >= 0.6 is 23.2 Å². The number of hydrogen-bond donors (Lipinski definition) is 2. The van der Waals surface area contributed by atoms with E-state index < -0.39 is 6.03 Å². The SMILES string of the molecule is COc1ccc(Cl)c(NC(=O)N(C)c2cc(Nc3cccc(C(=O)N4CCN(C)CC4)c3)ncn2)c1Cl. The highest BCUT2D eigenvalue weighted by Crippen LogP contribution is 2.37. The molecule has 2 N–H and O–H groups in total. The minimum Gasteiger partial charge on any atom is -0.495 e. The number of nitrogens with one attached hydrogen (secondary N) is 2. The molecule has 1 fully saturated rings. The van der Waals surface area contributed by atoms with Gasteiger partial charge in [-0.25, -0.2) is 14.8 Å². The van der Waals surface area contributed by atoms with E-state index in [1.807, 2.05) is 24.1 Å². The zero-order valence-corrected chi connectivity index (χ0v) is 22.2. The third-order valence-electron chi connectivity index (χ3n) is 5.98. The summed E-state index contributed by atoms with van der Waals surface area (Å²) < 4.78 is 5.19. The fourth-order valence-electron chi connectivity index (χ4n) is 3.77. The highest BCUT2D eigenvalue weighted by Gasteiger charge is 2.21. The fraction of sp³-hybridized carbons (Fsp3) is 0.280. The molecular weight excluding hydrogens is 517 g/mol. The van der Waals surface area contributed by atoms with Crippen LogP contribution in [0.3, 0.4) is 0 Å². The molecule has 3 aromatic rings. The number of urea groups is 1. The molecule has 1 aliphatic rings. The molecule has 37 heavy (non-hydrogen) atoms. The number of halogens is 2. The number of carbonyl (C=O) groups is 2. The zero-order chi connectivity index (χ0) is 26.5. The van der Waals surface area contributed by atoms with Gasteiger partial charge in [-0.15, -0.1) is 0 Å². The first-order valence-electron chi connectivity index (χ1n) is 11.5. The summed E-state index contributed by atoms with van der Waals surface area (Å²) in [5.41, 5.74) is 1.51. The topological polar surface area (TPSA) is 103 Å². The summed E-state index contributed by atoms with van der Waals surface area (Å²) >= 11 is 12.5. The van der Waals surface area contributed by atoms with Crippen LogP contribution in [-0.4, -0.2) is 79.1 Å². The van der Waals surface area contributed by atoms with Crippen molar-refractivity contribution in [3.05, 3.63) is 64.4 Å². The van der Waals surface area contributed by atoms with E-state index in [0.29, 0.717) is 41.7 Å². The first-order chi connectivity index (χ1) is 17.8. The van der Waals surface area contributed by atoms with Gasteiger partial charge in [-0.3, -0.25) is 9.69 Å². The van der Waals surface area contributed by atoms with Crippen LogP contribution in [0.1, 0.15) is 10.4 Å². The standard InChI is InChI=1S/C25H27Cl2N7O3/c1-32-9-11-34(12-10-32)24(35)16-5-4-6-17(13-16)30-20-14-21(29-15-28-20)33(2)25(36)31-23-18(26)7-8-19(37-3)22(23)27/h4-8,13-15H,9-12H2,1-3H3,(H,31,36)(H,28,29,30). The normalized spacial score (nSPS) is 13.7. The molecule has 0 radical (unpaired) electrons. The van der Waals surface area contributed by atoms with Gasteiger partial charge in [0.25, 0.3) is 5.91 Å². The van der Waals surface area contributed by atoms with Crippen LogP contribution in [0, 0.1) is 0 Å². The molecule has 0 bridgehead atoms. The Morgan fingerprint density at radius 2 is 1.81 bits per heavy atom. The lowest BCUT2D eigenvalue weighted by atomic mass is 10.1. The summed E-state index contributed by atoms with van der Waals surface area (Å²) in [5, 5.41) is 6.33. The Labute approximate surface area is 225 Å². The van der Waals surface area contributed by atoms with E-state index in [4.69, 9.17) is 27.9 Å². The van der Waals surface area contributed by atoms with Crippen LogP contribution in [0.2, 0.25) is 10.0 Å². The quantitative estimate of drug-likeness (QED) is 0.468. The third-order valence-corrected chi connectivity index (χ3v) is 6.67. The Balaban J connectivity index is 1.46. The van der Waals surface area contributed by atoms with Crippen molar-refractivity contribution in [1.82, 2.24) is 19.8 Å². The number of nitrogens with zero attached hydrogens (tertiary/aromatic N) is 5. The van der Waals surface area contributed by atoms with Crippen molar-refractivity contribution < 1.29 is 14.3 Å². The van der Waals surface area contributed by atoms with Crippen molar-refractivity contribution in [3.8, 4) is 5.75 Å². The van der Waals surface area contributed by atoms with Gasteiger partial charge in [0.2, 0.25) is 0 Å². The smallest absolute Gasteiger partial charge is 0.327 e. The van der Waals surface area contributed by atoms with Crippen molar-refractivity contribution in [2.75, 3.05) is 62.9 Å². The highest BCUT2D eigenvalue weighted by atomic mass is 35.5. The molecule has 0 saturated carbocycles. The van der Waals surface area contributed by atoms with Gasteiger partial charge in [0, 0.05) is 50.5 Å². The molecule has 3 amide bonds. The molecule has 0 spiro atoms. The maximum atomic E-state index is 12.9. The Morgan fingerprint density at radius 1 is 1.05 bits per heavy atom. The molecule has 10 nitrogen and oxygen atoms in total. The predicted molar refractivity (Wildman–Crippen MR) is 146 cm³/mol. The van der Waals surface area contributed by atoms with Crippen LogP contribution in [0.5, 0.6) is 5.75 Å². The Hall–Kier alpha value is -3.60. The largest absolute Gasteiger partial charge is 0.495 e. The zero-order valence-electron chi connectivity index (χ0n) is 20.7. The van der Waals surface area contributed by atoms with E-state index in [0.717, 1.165) is 13.1 Å². The van der Waals surface area contributed by atoms with Gasteiger partial charge in [-0.1, -0.05) is 29.3 Å². The van der Waals surface area contributed by atoms with E-state index in [-0.39, 0.29) is 21.6 Å². The number of carbonyl (C=O) groups excluding carboxylic acids is 2. The molecule has 1 saturated heterocycles. The number of aromatic nitrogens is 2. The van der Waals surface area contributed by atoms with Crippen molar-refractivity contribution in [3.63, 3.8) is 0 Å². The molecule has 0 atom stereocenters. The number of hydrogen-bond acceptors (Lipinski definition) is 7. The van der Waals surface area contributed by atoms with Crippen LogP contribution in [-0.2, 0) is 0 Å². The van der Waals surface area contributed by atoms with Crippen LogP contribution in [0.4, 0.5) is 27.8 Å². The lowest BCUT2D eigenvalue weighted by molar-refractivity contribution is 0.0664. The number of methoxy groups -OCH3 is 1. The molecule has 2 aromatic carbocycles. The Kier molecular flexibility index (Phi) is 8.32. The second-order valence-electron chi connectivity index (χ2n) is 8.49. The van der Waals surface area contributed by atoms with E-state index in [2.05, 4.69) is 25.5 Å². The first kappa shape index (κ1) is 26.5. The van der Waals surface area contributed by atoms with Crippen molar-refractivity contribution in [2.24, 2.45) is 0 Å². The monoisotopic (exact) mass is 543 g/mol. The predicted octanol–water partition coefficient (Wildman–Crippen LogP) is 4.59. The van der Waals surface area contributed by atoms with Gasteiger partial charge in [0.1, 0.15) is 28.7 Å². The summed E-state index contributed by atoms with van der Waals surface area (Å²) in [7, 11) is 5.07. The second-order valence-corrected chi connectivity index (χ2v) is 9.28. The maximum Gasteiger partial charge on any atom is 0.327 e. The van der Waals surface area contributed by atoms with Gasteiger partial charge in [0.15, 0.2) is 0 Å². The average Bonchev–Trinajstić information content (AvgIpc) is 2.91. The Bertz CT molecular complexity index is 1300. The molecule has 0 unspecified atom stereocenters. The van der Waals surface area contributed by atoms with Gasteiger partial charge < -0.3 is 25.2 Å². The summed E-state index contributed by atoms with van der Waals surface area (Å²) in [6.07, 6.45) is 1.34. The van der Waals surface area contributed by atoms with Crippen molar-refractivity contribution in [1.29, 1.82) is 0 Å². The number of ether oxygens (including phenoxy) is 1. The maximum absolute atomic E-state index is 12.9. The van der Waals surface area contributed by atoms with Gasteiger partial charge in [-0.05, 0) is 37.4 Å². The van der Waals surface area contributed by atoms with Crippen molar-refractivity contribution >= 4 is 58.2 Å². The van der Waals surface area contributed by atoms with E-state index in [1.54, 1.807) is 37.4 Å². The summed E-state index contributed by atoms with van der Waals surface area (Å²) in [4.78, 5) is 39.6. The molecule has 1 aromatic heterocycles. The van der Waals surface area contributed by atoms with Crippen molar-refractivity contribution in [2.45, 2.75) is 0 Å². The first-order valence-corrected chi connectivity index (χ1v) is 12.3. The molecule has 194 valence electrons. The molecule has 1 aliphatic heterocycles.